The number of carbonyl (C=O) groups excluding carboxylic acids is 2. The van der Waals surface area contributed by atoms with Gasteiger partial charge in [-0.2, -0.15) is 4.98 Å². The highest BCUT2D eigenvalue weighted by atomic mass is 79.9. The van der Waals surface area contributed by atoms with Crippen molar-refractivity contribution in [3.05, 3.63) is 121 Å². The Morgan fingerprint density at radius 3 is 2.31 bits per heavy atom. The second-order valence-corrected chi connectivity index (χ2v) is 23.7. The van der Waals surface area contributed by atoms with E-state index in [2.05, 4.69) is 117 Å². The number of benzene rings is 3. The average Bonchev–Trinajstić information content (AvgIpc) is 4.09. The summed E-state index contributed by atoms with van der Waals surface area (Å²) < 4.78 is 3.12. The minimum atomic E-state index is -0.467. The first kappa shape index (κ1) is 50.1. The number of amides is 2. The highest BCUT2D eigenvalue weighted by Crippen LogP contribution is 2.52. The zero-order valence-corrected chi connectivity index (χ0v) is 44.6. The summed E-state index contributed by atoms with van der Waals surface area (Å²) in [6.07, 6.45) is 17.5. The summed E-state index contributed by atoms with van der Waals surface area (Å²) in [5.74, 6) is 1.85. The molecule has 70 heavy (non-hydrogen) atoms. The van der Waals surface area contributed by atoms with Gasteiger partial charge in [-0.25, -0.2) is 4.98 Å². The highest BCUT2D eigenvalue weighted by Gasteiger charge is 2.47. The van der Waals surface area contributed by atoms with Crippen molar-refractivity contribution < 1.29 is 9.59 Å². The van der Waals surface area contributed by atoms with Crippen LogP contribution in [-0.2, 0) is 15.0 Å². The van der Waals surface area contributed by atoms with E-state index in [1.807, 2.05) is 37.7 Å². The lowest BCUT2D eigenvalue weighted by molar-refractivity contribution is -0.142. The molecule has 2 aliphatic carbocycles. The third-order valence-corrected chi connectivity index (χ3v) is 17.8. The van der Waals surface area contributed by atoms with E-state index in [4.69, 9.17) is 10.7 Å². The number of likely N-dealkylation sites (tertiary alicyclic amines) is 2. The summed E-state index contributed by atoms with van der Waals surface area (Å²) in [6, 6.07) is 20.3. The number of nitrogens with zero attached hydrogens (tertiary/aromatic N) is 5. The lowest BCUT2D eigenvalue weighted by Gasteiger charge is -2.35. The predicted octanol–water partition coefficient (Wildman–Crippen LogP) is 11.2. The minimum absolute atomic E-state index is 0.0372. The number of hydrogen-bond donors (Lipinski definition) is 3. The van der Waals surface area contributed by atoms with Crippen molar-refractivity contribution in [3.63, 3.8) is 0 Å². The maximum absolute atomic E-state index is 13.8. The van der Waals surface area contributed by atoms with Gasteiger partial charge < -0.3 is 26.2 Å². The average molecular weight is 1030 g/mol. The van der Waals surface area contributed by atoms with E-state index in [-0.39, 0.29) is 34.2 Å². The third-order valence-electron chi connectivity index (χ3n) is 16.2. The van der Waals surface area contributed by atoms with Crippen molar-refractivity contribution >= 4 is 50.0 Å². The number of carbonyl (C=O) groups is 2. The lowest BCUT2D eigenvalue weighted by Crippen LogP contribution is -2.55. The molecule has 5 aliphatic rings. The van der Waals surface area contributed by atoms with Crippen LogP contribution in [0.5, 0.6) is 0 Å². The Labute approximate surface area is 427 Å². The van der Waals surface area contributed by atoms with Crippen molar-refractivity contribution in [1.82, 2.24) is 35.0 Å². The monoisotopic (exact) mass is 1030 g/mol. The molecule has 0 bridgehead atoms. The SMILES string of the molecule is CN1CCC(c2ccc3c(c2)C2(CCCCC2)c2nc(=O)c4c(Br)cccc4n2-3)CC1.Cc1ncsc1-c1ccc(C(C)NC(=O)C2CCCN2C(=O)C(N/C=C(\N)C2CCCCC2)C(C)(C)C)cc1. The van der Waals surface area contributed by atoms with Crippen LogP contribution in [0.4, 0.5) is 0 Å². The van der Waals surface area contributed by atoms with Crippen LogP contribution in [0.2, 0.25) is 0 Å². The molecule has 1 spiro atoms. The van der Waals surface area contributed by atoms with Gasteiger partial charge in [-0.3, -0.25) is 19.0 Å². The van der Waals surface area contributed by atoms with Crippen LogP contribution in [0.15, 0.2) is 87.3 Å². The largest absolute Gasteiger partial charge is 0.401 e. The smallest absolute Gasteiger partial charge is 0.281 e. The Morgan fingerprint density at radius 2 is 1.63 bits per heavy atom. The molecule has 3 aromatic carbocycles. The summed E-state index contributed by atoms with van der Waals surface area (Å²) in [6.45, 7) is 13.1. The van der Waals surface area contributed by atoms with Gasteiger partial charge in [0, 0.05) is 22.9 Å². The first-order valence-electron chi connectivity index (χ1n) is 26.0. The fraction of sp³-hybridized carbons (Fsp3) is 0.526. The van der Waals surface area contributed by atoms with Gasteiger partial charge in [-0.05, 0) is 159 Å². The molecule has 4 N–H and O–H groups in total. The maximum atomic E-state index is 13.8. The van der Waals surface area contributed by atoms with E-state index in [1.165, 1.54) is 81.3 Å². The number of aryl methyl sites for hydroxylation is 1. The van der Waals surface area contributed by atoms with Crippen molar-refractivity contribution in [2.45, 2.75) is 154 Å². The number of halogens is 1. The van der Waals surface area contributed by atoms with Gasteiger partial charge in [-0.1, -0.05) is 102 Å². The molecule has 5 heterocycles. The molecule has 2 saturated carbocycles. The Kier molecular flexibility index (Phi) is 15.1. The lowest BCUT2D eigenvalue weighted by atomic mass is 9.69. The molecule has 372 valence electrons. The van der Waals surface area contributed by atoms with Gasteiger partial charge in [0.2, 0.25) is 11.8 Å². The van der Waals surface area contributed by atoms with E-state index in [0.29, 0.717) is 30.2 Å². The summed E-state index contributed by atoms with van der Waals surface area (Å²) in [5, 5.41) is 7.22. The molecule has 10 rings (SSSR count). The highest BCUT2D eigenvalue weighted by molar-refractivity contribution is 9.10. The van der Waals surface area contributed by atoms with Crippen molar-refractivity contribution in [2.75, 3.05) is 26.7 Å². The Morgan fingerprint density at radius 1 is 0.914 bits per heavy atom. The van der Waals surface area contributed by atoms with Gasteiger partial charge in [0.05, 0.1) is 44.1 Å². The first-order chi connectivity index (χ1) is 33.6. The molecule has 3 unspecified atom stereocenters. The molecular weight excluding hydrogens is 957 g/mol. The normalized spacial score (nSPS) is 20.6. The molecule has 13 heteroatoms. The fourth-order valence-electron chi connectivity index (χ4n) is 12.1. The second-order valence-electron chi connectivity index (χ2n) is 22.0. The van der Waals surface area contributed by atoms with E-state index in [9.17, 15) is 14.4 Å². The summed E-state index contributed by atoms with van der Waals surface area (Å²) in [5.41, 5.74) is 16.8. The number of allylic oxidation sites excluding steroid dienone is 1. The van der Waals surface area contributed by atoms with Crippen LogP contribution in [0.1, 0.15) is 158 Å². The molecule has 2 aromatic heterocycles. The Balaban J connectivity index is 0.000000178. The van der Waals surface area contributed by atoms with E-state index in [1.54, 1.807) is 16.2 Å². The van der Waals surface area contributed by atoms with Gasteiger partial charge in [0.1, 0.15) is 17.9 Å². The maximum Gasteiger partial charge on any atom is 0.281 e. The standard InChI is InChI=1S/C31H45N5O2S.C26H28BrN3O/c1-20(22-13-15-24(16-14-22)27-21(2)34-19-39-27)35-29(37)26-12-9-17-36(26)30(38)28(31(3,4)5)33-18-25(32)23-10-7-6-8-11-23;1-29-14-10-17(11-15-29)18-8-9-21-19(16-18)26(12-3-2-4-13-26)25-28-24(31)23-20(27)6-5-7-22(23)30(21)25/h13-16,18-20,23,26,28,33H,6-12,17,32H2,1-5H3,(H,35,37);5-9,16-17H,2-4,10-15H2,1H3/b25-18-;. The van der Waals surface area contributed by atoms with Gasteiger partial charge in [0.25, 0.3) is 5.56 Å². The topological polar surface area (TPSA) is 138 Å². The number of fused-ring (bicyclic) bond motifs is 7. The first-order valence-corrected chi connectivity index (χ1v) is 27.7. The summed E-state index contributed by atoms with van der Waals surface area (Å²) in [7, 11) is 2.22. The number of aromatic nitrogens is 3. The Hall–Kier alpha value is -4.85. The van der Waals surface area contributed by atoms with Gasteiger partial charge >= 0.3 is 0 Å². The molecule has 3 atom stereocenters. The van der Waals surface area contributed by atoms with E-state index in [0.717, 1.165) is 75.3 Å². The Bertz CT molecular complexity index is 2770. The number of nitrogens with one attached hydrogen (secondary N) is 2. The molecule has 2 saturated heterocycles. The van der Waals surface area contributed by atoms with Crippen molar-refractivity contribution in [3.8, 4) is 16.1 Å². The van der Waals surface area contributed by atoms with Crippen LogP contribution < -0.4 is 21.9 Å². The van der Waals surface area contributed by atoms with Crippen LogP contribution in [-0.4, -0.2) is 74.9 Å². The van der Waals surface area contributed by atoms with Gasteiger partial charge in [0.15, 0.2) is 0 Å². The third kappa shape index (κ3) is 10.1. The minimum Gasteiger partial charge on any atom is -0.401 e. The second kappa shape index (κ2) is 21.1. The zero-order chi connectivity index (χ0) is 49.3. The van der Waals surface area contributed by atoms with E-state index >= 15 is 0 Å². The fourth-order valence-corrected chi connectivity index (χ4v) is 13.4. The number of nitrogens with two attached hydrogens (primary N) is 1. The molecule has 5 aromatic rings. The van der Waals surface area contributed by atoms with Crippen molar-refractivity contribution in [2.24, 2.45) is 17.1 Å². The molecule has 2 amide bonds. The number of thiazole rings is 1. The quantitative estimate of drug-likeness (QED) is 0.133. The van der Waals surface area contributed by atoms with E-state index < -0.39 is 12.1 Å². The number of hydrogen-bond acceptors (Lipinski definition) is 9. The van der Waals surface area contributed by atoms with Crippen LogP contribution in [0.25, 0.3) is 27.0 Å². The summed E-state index contributed by atoms with van der Waals surface area (Å²) in [4.78, 5) is 54.8. The van der Waals surface area contributed by atoms with Crippen LogP contribution in [0.3, 0.4) is 0 Å². The van der Waals surface area contributed by atoms with Gasteiger partial charge in [-0.15, -0.1) is 11.3 Å². The zero-order valence-electron chi connectivity index (χ0n) is 42.2. The molecular formula is C57H73BrN8O3S. The molecule has 4 fully saturated rings. The number of rotatable bonds is 9. The van der Waals surface area contributed by atoms with Crippen molar-refractivity contribution in [1.29, 1.82) is 0 Å². The summed E-state index contributed by atoms with van der Waals surface area (Å²) >= 11 is 5.22. The number of piperidine rings is 1. The molecule has 11 nitrogen and oxygen atoms in total. The molecule has 3 aliphatic heterocycles. The predicted molar refractivity (Wildman–Crippen MR) is 287 cm³/mol. The molecule has 0 radical (unpaired) electrons. The van der Waals surface area contributed by atoms with Crippen LogP contribution >= 0.6 is 27.3 Å². The van der Waals surface area contributed by atoms with Crippen LogP contribution in [0, 0.1) is 18.3 Å².